The molecule has 2 aliphatic heterocycles. The van der Waals surface area contributed by atoms with Gasteiger partial charge in [0.1, 0.15) is 12.3 Å². The summed E-state index contributed by atoms with van der Waals surface area (Å²) in [5.74, 6) is 0.743. The van der Waals surface area contributed by atoms with Crippen molar-refractivity contribution >= 4 is 11.8 Å². The van der Waals surface area contributed by atoms with Crippen LogP contribution in [0.25, 0.3) is 0 Å². The maximum absolute atomic E-state index is 13.4. The zero-order chi connectivity index (χ0) is 27.5. The second kappa shape index (κ2) is 11.6. The number of carbonyl (C=O) groups excluding carboxylic acids is 2. The van der Waals surface area contributed by atoms with Crippen molar-refractivity contribution < 1.29 is 27.5 Å². The lowest BCUT2D eigenvalue weighted by Crippen LogP contribution is -2.51. The maximum Gasteiger partial charge on any atom is 0.435 e. The third kappa shape index (κ3) is 6.58. The van der Waals surface area contributed by atoms with Crippen LogP contribution in [0.4, 0.5) is 13.2 Å². The Balaban J connectivity index is 1.20. The Morgan fingerprint density at radius 3 is 2.59 bits per heavy atom. The Morgan fingerprint density at radius 2 is 1.85 bits per heavy atom. The van der Waals surface area contributed by atoms with Gasteiger partial charge in [0, 0.05) is 31.2 Å². The molecule has 10 heteroatoms. The summed E-state index contributed by atoms with van der Waals surface area (Å²) in [6, 6.07) is 9.20. The van der Waals surface area contributed by atoms with E-state index >= 15 is 0 Å². The average Bonchev–Trinajstić information content (AvgIpc) is 3.67. The van der Waals surface area contributed by atoms with Crippen LogP contribution in [0, 0.1) is 5.41 Å². The molecule has 7 nitrogen and oxygen atoms in total. The Kier molecular flexibility index (Phi) is 8.19. The fraction of sp³-hybridized carbons (Fsp3) is 0.621. The minimum atomic E-state index is -4.54. The van der Waals surface area contributed by atoms with E-state index in [-0.39, 0.29) is 24.3 Å². The zero-order valence-corrected chi connectivity index (χ0v) is 22.3. The van der Waals surface area contributed by atoms with Crippen molar-refractivity contribution in [2.24, 2.45) is 5.41 Å². The van der Waals surface area contributed by atoms with Gasteiger partial charge < -0.3 is 15.0 Å². The van der Waals surface area contributed by atoms with E-state index in [1.54, 1.807) is 4.90 Å². The molecule has 1 aliphatic carbocycles. The number of alkyl halides is 3. The van der Waals surface area contributed by atoms with Crippen LogP contribution in [0.15, 0.2) is 30.3 Å². The lowest BCUT2D eigenvalue weighted by molar-refractivity contribution is -0.143. The number of para-hydroxylation sites is 1. The van der Waals surface area contributed by atoms with E-state index in [2.05, 4.69) is 16.5 Å². The third-order valence-corrected chi connectivity index (χ3v) is 8.38. The number of likely N-dealkylation sites (tertiary alicyclic amines) is 1. The fourth-order valence-electron chi connectivity index (χ4n) is 5.86. The van der Waals surface area contributed by atoms with E-state index < -0.39 is 17.3 Å². The summed E-state index contributed by atoms with van der Waals surface area (Å²) in [6.07, 6.45) is 3.52. The number of hydrogen-bond acceptors (Lipinski definition) is 4. The van der Waals surface area contributed by atoms with Gasteiger partial charge in [-0.2, -0.15) is 18.3 Å². The number of halogens is 3. The molecule has 1 saturated carbocycles. The van der Waals surface area contributed by atoms with Crippen LogP contribution < -0.4 is 10.1 Å². The van der Waals surface area contributed by atoms with Crippen LogP contribution >= 0.6 is 0 Å². The first-order valence-electron chi connectivity index (χ1n) is 14.2. The number of benzene rings is 1. The van der Waals surface area contributed by atoms with Gasteiger partial charge in [0.05, 0.1) is 12.0 Å². The first-order chi connectivity index (χ1) is 18.7. The molecule has 5 rings (SSSR count). The monoisotopic (exact) mass is 546 g/mol. The van der Waals surface area contributed by atoms with Crippen LogP contribution in [0.1, 0.15) is 80.7 Å². The highest BCUT2D eigenvalue weighted by Gasteiger charge is 2.42. The van der Waals surface area contributed by atoms with Crippen LogP contribution in [0.5, 0.6) is 5.75 Å². The Hall–Kier alpha value is -3.04. The predicted octanol–water partition coefficient (Wildman–Crippen LogP) is 5.09. The van der Waals surface area contributed by atoms with E-state index in [0.717, 1.165) is 56.8 Å². The molecule has 2 fully saturated rings. The molecule has 1 saturated heterocycles. The molecule has 1 N–H and O–H groups in total. The molecule has 0 atom stereocenters. The minimum absolute atomic E-state index is 0.0324. The quantitative estimate of drug-likeness (QED) is 0.582. The Bertz CT molecular complexity index is 1170. The van der Waals surface area contributed by atoms with Gasteiger partial charge in [-0.05, 0) is 69.1 Å². The Labute approximate surface area is 227 Å². The van der Waals surface area contributed by atoms with Gasteiger partial charge in [-0.3, -0.25) is 14.3 Å². The van der Waals surface area contributed by atoms with Gasteiger partial charge in [0.2, 0.25) is 11.8 Å². The largest absolute Gasteiger partial charge is 0.493 e. The van der Waals surface area contributed by atoms with Crippen LogP contribution in [-0.2, 0) is 28.7 Å². The van der Waals surface area contributed by atoms with E-state index in [1.807, 2.05) is 18.2 Å². The molecular formula is C29H37F3N4O3. The lowest BCUT2D eigenvalue weighted by Gasteiger charge is -2.41. The molecule has 0 radical (unpaired) electrons. The van der Waals surface area contributed by atoms with Crippen molar-refractivity contribution in [2.75, 3.05) is 26.2 Å². The summed E-state index contributed by atoms with van der Waals surface area (Å²) in [7, 11) is 0. The number of amides is 2. The normalized spacial score (nSPS) is 21.0. The molecule has 0 unspecified atom stereocenters. The number of aromatic nitrogens is 2. The van der Waals surface area contributed by atoms with E-state index in [1.165, 1.54) is 10.2 Å². The summed E-state index contributed by atoms with van der Waals surface area (Å²) in [6.45, 7) is 1.67. The van der Waals surface area contributed by atoms with Gasteiger partial charge in [-0.25, -0.2) is 0 Å². The second-order valence-corrected chi connectivity index (χ2v) is 11.2. The summed E-state index contributed by atoms with van der Waals surface area (Å²) in [4.78, 5) is 28.2. The minimum Gasteiger partial charge on any atom is -0.493 e. The molecule has 3 heterocycles. The van der Waals surface area contributed by atoms with Crippen molar-refractivity contribution in [3.8, 4) is 5.75 Å². The van der Waals surface area contributed by atoms with Gasteiger partial charge in [0.25, 0.3) is 0 Å². The number of carbonyl (C=O) groups is 2. The molecule has 1 aromatic heterocycles. The number of nitrogens with one attached hydrogen (secondary N) is 1. The van der Waals surface area contributed by atoms with E-state index in [4.69, 9.17) is 4.74 Å². The number of aryl methyl sites for hydroxylation is 1. The highest BCUT2D eigenvalue weighted by atomic mass is 19.4. The molecule has 212 valence electrons. The fourth-order valence-corrected chi connectivity index (χ4v) is 5.86. The molecule has 1 aromatic carbocycles. The van der Waals surface area contributed by atoms with Crippen LogP contribution in [-0.4, -0.2) is 52.7 Å². The van der Waals surface area contributed by atoms with Crippen molar-refractivity contribution in [3.05, 3.63) is 47.3 Å². The SMILES string of the molecule is O=C(Cn1nc(C(F)(F)F)cc1C1CC1)N1CCC2(CCCCCc3ccccc3OCCCNC2=O)CC1. The highest BCUT2D eigenvalue weighted by molar-refractivity contribution is 5.83. The lowest BCUT2D eigenvalue weighted by atomic mass is 9.73. The van der Waals surface area contributed by atoms with Crippen LogP contribution in [0.2, 0.25) is 0 Å². The first-order valence-corrected chi connectivity index (χ1v) is 14.2. The molecule has 39 heavy (non-hydrogen) atoms. The van der Waals surface area contributed by atoms with Gasteiger partial charge >= 0.3 is 6.18 Å². The maximum atomic E-state index is 13.4. The predicted molar refractivity (Wildman–Crippen MR) is 139 cm³/mol. The third-order valence-electron chi connectivity index (χ3n) is 8.38. The Morgan fingerprint density at radius 1 is 1.08 bits per heavy atom. The molecule has 2 amide bonds. The van der Waals surface area contributed by atoms with E-state index in [0.29, 0.717) is 51.2 Å². The summed E-state index contributed by atoms with van der Waals surface area (Å²) in [5, 5.41) is 6.84. The summed E-state index contributed by atoms with van der Waals surface area (Å²) in [5.41, 5.74) is 0.222. The van der Waals surface area contributed by atoms with Crippen molar-refractivity contribution in [1.82, 2.24) is 20.0 Å². The summed E-state index contributed by atoms with van der Waals surface area (Å²) >= 11 is 0. The van der Waals surface area contributed by atoms with Gasteiger partial charge in [0.15, 0.2) is 5.69 Å². The zero-order valence-electron chi connectivity index (χ0n) is 22.3. The smallest absolute Gasteiger partial charge is 0.435 e. The number of rotatable bonds is 3. The summed E-state index contributed by atoms with van der Waals surface area (Å²) < 4.78 is 47.0. The van der Waals surface area contributed by atoms with Crippen molar-refractivity contribution in [2.45, 2.75) is 82.8 Å². The number of ether oxygens (including phenoxy) is 1. The van der Waals surface area contributed by atoms with E-state index in [9.17, 15) is 22.8 Å². The molecule has 1 spiro atoms. The van der Waals surface area contributed by atoms with Gasteiger partial charge in [-0.15, -0.1) is 0 Å². The first kappa shape index (κ1) is 27.5. The van der Waals surface area contributed by atoms with Crippen molar-refractivity contribution in [1.29, 1.82) is 0 Å². The number of fused-ring (bicyclic) bond motifs is 1. The van der Waals surface area contributed by atoms with Gasteiger partial charge in [-0.1, -0.05) is 31.0 Å². The number of hydrogen-bond donors (Lipinski definition) is 1. The molecule has 2 aromatic rings. The second-order valence-electron chi connectivity index (χ2n) is 11.2. The number of nitrogens with zero attached hydrogens (tertiary/aromatic N) is 3. The highest BCUT2D eigenvalue weighted by Crippen LogP contribution is 2.42. The number of piperidine rings is 1. The standard InChI is InChI=1S/C29H37F3N4O3/c30-29(31,32)25-19-23(21-10-11-21)36(34-25)20-26(37)35-16-13-28(14-17-35)12-5-1-2-7-22-8-3-4-9-24(22)39-18-6-15-33-27(28)38/h3-4,8-9,19,21H,1-2,5-7,10-18,20H2,(H,33,38). The molecule has 0 bridgehead atoms. The van der Waals surface area contributed by atoms with Crippen molar-refractivity contribution in [3.63, 3.8) is 0 Å². The topological polar surface area (TPSA) is 76.5 Å². The average molecular weight is 547 g/mol. The van der Waals surface area contributed by atoms with Crippen LogP contribution in [0.3, 0.4) is 0 Å². The molecular weight excluding hydrogens is 509 g/mol. The molecule has 3 aliphatic rings.